The van der Waals surface area contributed by atoms with Crippen LogP contribution in [0.25, 0.3) is 10.9 Å². The minimum atomic E-state index is -0.336. The lowest BCUT2D eigenvalue weighted by Gasteiger charge is -2.08. The number of nitrogens with one attached hydrogen (secondary N) is 1. The Kier molecular flexibility index (Phi) is 3.89. The van der Waals surface area contributed by atoms with Gasteiger partial charge in [0.25, 0.3) is 5.56 Å². The first-order valence-electron chi connectivity index (χ1n) is 7.44. The van der Waals surface area contributed by atoms with E-state index in [1.807, 2.05) is 6.07 Å². The maximum absolute atomic E-state index is 12.5. The molecule has 126 valence electrons. The molecule has 0 saturated carbocycles. The van der Waals surface area contributed by atoms with Gasteiger partial charge in [-0.25, -0.2) is 4.98 Å². The number of amides is 1. The van der Waals surface area contributed by atoms with Crippen LogP contribution in [0, 0.1) is 0 Å². The van der Waals surface area contributed by atoms with Crippen molar-refractivity contribution < 1.29 is 14.3 Å². The fourth-order valence-corrected chi connectivity index (χ4v) is 2.93. The average molecular weight is 402 g/mol. The van der Waals surface area contributed by atoms with Crippen LogP contribution in [0.3, 0.4) is 0 Å². The van der Waals surface area contributed by atoms with Gasteiger partial charge < -0.3 is 14.8 Å². The van der Waals surface area contributed by atoms with Crippen molar-refractivity contribution in [3.8, 4) is 11.5 Å². The first-order chi connectivity index (χ1) is 12.1. The maximum Gasteiger partial charge on any atom is 0.261 e. The Bertz CT molecular complexity index is 1050. The monoisotopic (exact) mass is 401 g/mol. The first-order valence-corrected chi connectivity index (χ1v) is 8.24. The van der Waals surface area contributed by atoms with Crippen molar-refractivity contribution in [2.75, 3.05) is 12.1 Å². The number of fused-ring (bicyclic) bond motifs is 2. The fourth-order valence-electron chi connectivity index (χ4n) is 2.57. The van der Waals surface area contributed by atoms with Crippen LogP contribution in [0.4, 0.5) is 5.69 Å². The third-order valence-corrected chi connectivity index (χ3v) is 4.25. The summed E-state index contributed by atoms with van der Waals surface area (Å²) in [5.74, 6) is 0.878. The van der Waals surface area contributed by atoms with Gasteiger partial charge in [0.05, 0.1) is 17.2 Å². The standard InChI is InChI=1S/C17H12BrN3O4/c18-10-1-3-13-12(5-10)17(23)21(8-19-13)7-16(22)20-11-2-4-14-15(6-11)25-9-24-14/h1-6,8H,7,9H2,(H,20,22). The van der Waals surface area contributed by atoms with Crippen LogP contribution in [0.1, 0.15) is 0 Å². The van der Waals surface area contributed by atoms with Crippen LogP contribution in [0.5, 0.6) is 11.5 Å². The Morgan fingerprint density at radius 3 is 2.92 bits per heavy atom. The van der Waals surface area contributed by atoms with Gasteiger partial charge in [-0.2, -0.15) is 0 Å². The molecule has 25 heavy (non-hydrogen) atoms. The molecule has 0 spiro atoms. The highest BCUT2D eigenvalue weighted by atomic mass is 79.9. The van der Waals surface area contributed by atoms with Crippen LogP contribution in [0.15, 0.2) is 52.0 Å². The molecule has 1 aromatic heterocycles. The zero-order chi connectivity index (χ0) is 17.4. The zero-order valence-corrected chi connectivity index (χ0v) is 14.4. The van der Waals surface area contributed by atoms with Crippen molar-refractivity contribution in [3.63, 3.8) is 0 Å². The van der Waals surface area contributed by atoms with Gasteiger partial charge in [0.15, 0.2) is 11.5 Å². The number of rotatable bonds is 3. The molecule has 1 amide bonds. The largest absolute Gasteiger partial charge is 0.454 e. The van der Waals surface area contributed by atoms with Crippen LogP contribution in [-0.2, 0) is 11.3 Å². The molecule has 0 radical (unpaired) electrons. The molecule has 8 heteroatoms. The predicted octanol–water partition coefficient (Wildman–Crippen LogP) is 2.53. The highest BCUT2D eigenvalue weighted by Crippen LogP contribution is 2.34. The summed E-state index contributed by atoms with van der Waals surface area (Å²) in [5, 5.41) is 3.19. The summed E-state index contributed by atoms with van der Waals surface area (Å²) < 4.78 is 12.6. The molecule has 4 rings (SSSR count). The Hall–Kier alpha value is -2.87. The van der Waals surface area contributed by atoms with Gasteiger partial charge in [0.1, 0.15) is 6.54 Å². The molecule has 2 heterocycles. The predicted molar refractivity (Wildman–Crippen MR) is 94.9 cm³/mol. The van der Waals surface area contributed by atoms with E-state index in [-0.39, 0.29) is 24.8 Å². The molecule has 1 aliphatic heterocycles. The van der Waals surface area contributed by atoms with Crippen molar-refractivity contribution in [1.29, 1.82) is 0 Å². The number of carbonyl (C=O) groups is 1. The highest BCUT2D eigenvalue weighted by molar-refractivity contribution is 9.10. The van der Waals surface area contributed by atoms with Gasteiger partial charge in [0, 0.05) is 16.2 Å². The normalized spacial score (nSPS) is 12.4. The van der Waals surface area contributed by atoms with Gasteiger partial charge >= 0.3 is 0 Å². The summed E-state index contributed by atoms with van der Waals surface area (Å²) in [6.07, 6.45) is 1.37. The van der Waals surface area contributed by atoms with E-state index in [2.05, 4.69) is 26.2 Å². The van der Waals surface area contributed by atoms with E-state index < -0.39 is 0 Å². The Morgan fingerprint density at radius 1 is 1.20 bits per heavy atom. The van der Waals surface area contributed by atoms with Crippen LogP contribution >= 0.6 is 15.9 Å². The van der Waals surface area contributed by atoms with Crippen LogP contribution < -0.4 is 20.3 Å². The van der Waals surface area contributed by atoms with E-state index in [0.29, 0.717) is 28.1 Å². The van der Waals surface area contributed by atoms with Crippen molar-refractivity contribution in [3.05, 3.63) is 57.6 Å². The van der Waals surface area contributed by atoms with Crippen molar-refractivity contribution in [2.24, 2.45) is 0 Å². The molecule has 1 N–H and O–H groups in total. The quantitative estimate of drug-likeness (QED) is 0.728. The third kappa shape index (κ3) is 3.08. The zero-order valence-electron chi connectivity index (χ0n) is 12.9. The second-order valence-corrected chi connectivity index (χ2v) is 6.37. The number of hydrogen-bond acceptors (Lipinski definition) is 5. The molecule has 0 bridgehead atoms. The van der Waals surface area contributed by atoms with Gasteiger partial charge in [-0.1, -0.05) is 15.9 Å². The lowest BCUT2D eigenvalue weighted by Crippen LogP contribution is -2.27. The fraction of sp³-hybridized carbons (Fsp3) is 0.118. The Balaban J connectivity index is 1.55. The minimum Gasteiger partial charge on any atom is -0.454 e. The van der Waals surface area contributed by atoms with Gasteiger partial charge in [-0.05, 0) is 30.3 Å². The molecular formula is C17H12BrN3O4. The number of carbonyl (C=O) groups excluding carboxylic acids is 1. The molecule has 0 unspecified atom stereocenters. The molecule has 0 saturated heterocycles. The first kappa shape index (κ1) is 15.6. The lowest BCUT2D eigenvalue weighted by molar-refractivity contribution is -0.116. The number of ether oxygens (including phenoxy) is 2. The highest BCUT2D eigenvalue weighted by Gasteiger charge is 2.15. The van der Waals surface area contributed by atoms with Gasteiger partial charge in [-0.15, -0.1) is 0 Å². The van der Waals surface area contributed by atoms with E-state index in [4.69, 9.17) is 9.47 Å². The number of aromatic nitrogens is 2. The molecule has 0 aliphatic carbocycles. The third-order valence-electron chi connectivity index (χ3n) is 3.76. The number of halogens is 1. The molecule has 0 fully saturated rings. The Labute approximate surface area is 150 Å². The number of hydrogen-bond donors (Lipinski definition) is 1. The summed E-state index contributed by atoms with van der Waals surface area (Å²) in [6, 6.07) is 10.4. The lowest BCUT2D eigenvalue weighted by atomic mass is 10.2. The summed E-state index contributed by atoms with van der Waals surface area (Å²) >= 11 is 3.33. The second kappa shape index (κ2) is 6.21. The van der Waals surface area contributed by atoms with Gasteiger partial charge in [0.2, 0.25) is 12.7 Å². The molecular weight excluding hydrogens is 390 g/mol. The number of nitrogens with zero attached hydrogens (tertiary/aromatic N) is 2. The van der Waals surface area contributed by atoms with E-state index in [9.17, 15) is 9.59 Å². The maximum atomic E-state index is 12.5. The van der Waals surface area contributed by atoms with Crippen molar-refractivity contribution in [1.82, 2.24) is 9.55 Å². The molecule has 0 atom stereocenters. The van der Waals surface area contributed by atoms with Crippen molar-refractivity contribution in [2.45, 2.75) is 6.54 Å². The number of anilines is 1. The molecule has 7 nitrogen and oxygen atoms in total. The SMILES string of the molecule is O=C(Cn1cnc2ccc(Br)cc2c1=O)Nc1ccc2c(c1)OCO2. The molecule has 3 aromatic rings. The average Bonchev–Trinajstić information content (AvgIpc) is 3.05. The minimum absolute atomic E-state index is 0.136. The van der Waals surface area contributed by atoms with Crippen molar-refractivity contribution >= 4 is 38.4 Å². The van der Waals surface area contributed by atoms with E-state index in [1.54, 1.807) is 30.3 Å². The topological polar surface area (TPSA) is 82.5 Å². The van der Waals surface area contributed by atoms with Crippen LogP contribution in [0.2, 0.25) is 0 Å². The smallest absolute Gasteiger partial charge is 0.261 e. The number of benzene rings is 2. The molecule has 2 aromatic carbocycles. The van der Waals surface area contributed by atoms with Gasteiger partial charge in [-0.3, -0.25) is 14.2 Å². The van der Waals surface area contributed by atoms with Crippen LogP contribution in [-0.4, -0.2) is 22.3 Å². The second-order valence-electron chi connectivity index (χ2n) is 5.46. The Morgan fingerprint density at radius 2 is 2.04 bits per heavy atom. The van der Waals surface area contributed by atoms with E-state index >= 15 is 0 Å². The summed E-state index contributed by atoms with van der Waals surface area (Å²) in [5.41, 5.74) is 0.881. The van der Waals surface area contributed by atoms with E-state index in [1.165, 1.54) is 10.9 Å². The summed E-state index contributed by atoms with van der Waals surface area (Å²) in [6.45, 7) is 0.0309. The summed E-state index contributed by atoms with van der Waals surface area (Å²) in [4.78, 5) is 29.0. The summed E-state index contributed by atoms with van der Waals surface area (Å²) in [7, 11) is 0. The van der Waals surface area contributed by atoms with E-state index in [0.717, 1.165) is 4.47 Å². The molecule has 1 aliphatic rings.